The predicted octanol–water partition coefficient (Wildman–Crippen LogP) is 0.911. The zero-order valence-corrected chi connectivity index (χ0v) is 8.83. The Morgan fingerprint density at radius 1 is 1.31 bits per heavy atom. The Labute approximate surface area is 93.5 Å². The van der Waals surface area contributed by atoms with Gasteiger partial charge >= 0.3 is 0 Å². The van der Waals surface area contributed by atoms with Gasteiger partial charge in [0.05, 0.1) is 18.4 Å². The Bertz CT molecular complexity index is 371. The zero-order valence-electron chi connectivity index (χ0n) is 8.83. The van der Waals surface area contributed by atoms with E-state index in [1.54, 1.807) is 0 Å². The van der Waals surface area contributed by atoms with Crippen LogP contribution in [0.2, 0.25) is 0 Å². The van der Waals surface area contributed by atoms with E-state index in [2.05, 4.69) is 18.7 Å². The second-order valence-corrected chi connectivity index (χ2v) is 4.56. The van der Waals surface area contributed by atoms with Crippen molar-refractivity contribution in [2.45, 2.75) is 6.42 Å². The van der Waals surface area contributed by atoms with Crippen LogP contribution in [0.25, 0.3) is 0 Å². The normalized spacial score (nSPS) is 39.6. The van der Waals surface area contributed by atoms with E-state index in [9.17, 15) is 9.59 Å². The highest BCUT2D eigenvalue weighted by Crippen LogP contribution is 2.52. The van der Waals surface area contributed by atoms with Crippen LogP contribution in [0.1, 0.15) is 6.42 Å². The molecule has 3 rings (SSSR count). The molecule has 1 saturated heterocycles. The molecule has 1 aliphatic heterocycles. The second-order valence-electron chi connectivity index (χ2n) is 4.56. The maximum Gasteiger partial charge on any atom is 0.258 e. The molecular formula is C12H13NO3. The molecule has 2 amide bonds. The van der Waals surface area contributed by atoms with Crippen LogP contribution in [-0.4, -0.2) is 23.5 Å². The Hall–Kier alpha value is -1.42. The number of amides is 2. The largest absolute Gasteiger partial charge is 0.272 e. The summed E-state index contributed by atoms with van der Waals surface area (Å²) in [6.07, 6.45) is 6.60. The summed E-state index contributed by atoms with van der Waals surface area (Å²) < 4.78 is 0. The number of allylic oxidation sites excluding steroid dienone is 2. The van der Waals surface area contributed by atoms with Crippen LogP contribution < -0.4 is 0 Å². The van der Waals surface area contributed by atoms with E-state index >= 15 is 0 Å². The van der Waals surface area contributed by atoms with Gasteiger partial charge in [0.25, 0.3) is 11.8 Å². The number of nitrogens with zero attached hydrogens (tertiary/aromatic N) is 1. The minimum atomic E-state index is -0.174. The van der Waals surface area contributed by atoms with E-state index in [-0.39, 0.29) is 42.1 Å². The van der Waals surface area contributed by atoms with E-state index < -0.39 is 0 Å². The summed E-state index contributed by atoms with van der Waals surface area (Å²) in [6.45, 7) is 3.69. The molecule has 0 aromatic rings. The predicted molar refractivity (Wildman–Crippen MR) is 55.7 cm³/mol. The summed E-state index contributed by atoms with van der Waals surface area (Å²) in [6, 6.07) is 0. The van der Waals surface area contributed by atoms with Crippen LogP contribution in [0.3, 0.4) is 0 Å². The van der Waals surface area contributed by atoms with Crippen molar-refractivity contribution in [3.8, 4) is 0 Å². The summed E-state index contributed by atoms with van der Waals surface area (Å²) in [5, 5.41) is 0.948. The number of carbonyl (C=O) groups is 2. The number of hydrogen-bond acceptors (Lipinski definition) is 3. The topological polar surface area (TPSA) is 46.6 Å². The zero-order chi connectivity index (χ0) is 11.3. The standard InChI is InChI=1S/C12H13NO3/c1-2-5-16-13-11(14)9-7-3-4-8(6-7)10(9)12(13)15/h2-4,7-10H,1,5-6H2/t7-,8-,9-,10-/m0/s1. The molecule has 16 heavy (non-hydrogen) atoms. The van der Waals surface area contributed by atoms with Gasteiger partial charge in [-0.15, -0.1) is 6.58 Å². The molecule has 0 aromatic heterocycles. The van der Waals surface area contributed by atoms with Crippen LogP contribution >= 0.6 is 0 Å². The first-order valence-corrected chi connectivity index (χ1v) is 5.54. The lowest BCUT2D eigenvalue weighted by Gasteiger charge is -2.15. The van der Waals surface area contributed by atoms with Gasteiger partial charge in [0.15, 0.2) is 0 Å². The molecule has 2 fully saturated rings. The molecule has 2 bridgehead atoms. The Morgan fingerprint density at radius 3 is 2.38 bits per heavy atom. The van der Waals surface area contributed by atoms with Crippen LogP contribution in [0.4, 0.5) is 0 Å². The van der Waals surface area contributed by atoms with Crippen molar-refractivity contribution in [2.24, 2.45) is 23.7 Å². The maximum atomic E-state index is 12.0. The lowest BCUT2D eigenvalue weighted by Crippen LogP contribution is -2.33. The average Bonchev–Trinajstić information content (AvgIpc) is 2.92. The number of hydroxylamine groups is 2. The molecule has 1 heterocycles. The number of fused-ring (bicyclic) bond motifs is 5. The van der Waals surface area contributed by atoms with Gasteiger partial charge in [0.2, 0.25) is 0 Å². The van der Waals surface area contributed by atoms with Crippen LogP contribution in [-0.2, 0) is 14.4 Å². The van der Waals surface area contributed by atoms with Crippen molar-refractivity contribution in [3.63, 3.8) is 0 Å². The fourth-order valence-electron chi connectivity index (χ4n) is 3.13. The monoisotopic (exact) mass is 219 g/mol. The summed E-state index contributed by atoms with van der Waals surface area (Å²) in [7, 11) is 0. The first-order valence-electron chi connectivity index (χ1n) is 5.54. The van der Waals surface area contributed by atoms with Crippen molar-refractivity contribution in [1.29, 1.82) is 0 Å². The van der Waals surface area contributed by atoms with E-state index in [0.29, 0.717) is 0 Å². The highest BCUT2D eigenvalue weighted by Gasteiger charge is 2.59. The van der Waals surface area contributed by atoms with E-state index in [0.717, 1.165) is 11.5 Å². The van der Waals surface area contributed by atoms with Gasteiger partial charge in [-0.1, -0.05) is 18.2 Å². The molecule has 2 aliphatic carbocycles. The number of hydrogen-bond donors (Lipinski definition) is 0. The molecule has 4 atom stereocenters. The maximum absolute atomic E-state index is 12.0. The lowest BCUT2D eigenvalue weighted by molar-refractivity contribution is -0.186. The molecule has 0 N–H and O–H groups in total. The molecule has 0 radical (unpaired) electrons. The summed E-state index contributed by atoms with van der Waals surface area (Å²) in [4.78, 5) is 29.1. The fourth-order valence-corrected chi connectivity index (χ4v) is 3.13. The first-order chi connectivity index (χ1) is 7.74. The van der Waals surface area contributed by atoms with Crippen LogP contribution in [0.15, 0.2) is 24.8 Å². The van der Waals surface area contributed by atoms with Crippen molar-refractivity contribution >= 4 is 11.8 Å². The van der Waals surface area contributed by atoms with Gasteiger partial charge in [-0.25, -0.2) is 0 Å². The highest BCUT2D eigenvalue weighted by molar-refractivity contribution is 6.05. The van der Waals surface area contributed by atoms with E-state index in [1.807, 2.05) is 0 Å². The van der Waals surface area contributed by atoms with Crippen molar-refractivity contribution < 1.29 is 14.4 Å². The van der Waals surface area contributed by atoms with E-state index in [1.165, 1.54) is 6.08 Å². The quantitative estimate of drug-likeness (QED) is 0.523. The first kappa shape index (κ1) is 9.78. The summed E-state index contributed by atoms with van der Waals surface area (Å²) in [5.74, 6) is -0.213. The smallest absolute Gasteiger partial charge is 0.258 e. The fraction of sp³-hybridized carbons (Fsp3) is 0.500. The number of rotatable bonds is 3. The molecule has 84 valence electrons. The van der Waals surface area contributed by atoms with Gasteiger partial charge in [-0.05, 0) is 18.3 Å². The molecule has 3 aliphatic rings. The Balaban J connectivity index is 1.86. The molecule has 4 nitrogen and oxygen atoms in total. The molecule has 1 saturated carbocycles. The second kappa shape index (κ2) is 3.28. The SMILES string of the molecule is C=CCON1C(=O)[C@@H]2[C@@H](C1=O)[C@H]1C=C[C@H]2C1. The van der Waals surface area contributed by atoms with Gasteiger partial charge in [-0.2, -0.15) is 5.06 Å². The van der Waals surface area contributed by atoms with Gasteiger partial charge in [0, 0.05) is 0 Å². The van der Waals surface area contributed by atoms with Crippen molar-refractivity contribution in [1.82, 2.24) is 5.06 Å². The summed E-state index contributed by atoms with van der Waals surface area (Å²) >= 11 is 0. The molecule has 4 heteroatoms. The third kappa shape index (κ3) is 1.08. The van der Waals surface area contributed by atoms with Gasteiger partial charge in [0.1, 0.15) is 0 Å². The van der Waals surface area contributed by atoms with Crippen LogP contribution in [0.5, 0.6) is 0 Å². The molecule has 0 unspecified atom stereocenters. The average molecular weight is 219 g/mol. The van der Waals surface area contributed by atoms with Gasteiger partial charge in [-0.3, -0.25) is 14.4 Å². The minimum absolute atomic E-state index is 0.172. The Kier molecular flexibility index (Phi) is 2.01. The minimum Gasteiger partial charge on any atom is -0.272 e. The van der Waals surface area contributed by atoms with Gasteiger partial charge < -0.3 is 0 Å². The third-order valence-electron chi connectivity index (χ3n) is 3.75. The lowest BCUT2D eigenvalue weighted by atomic mass is 9.85. The number of imide groups is 1. The van der Waals surface area contributed by atoms with Crippen molar-refractivity contribution in [3.05, 3.63) is 24.8 Å². The number of carbonyl (C=O) groups excluding carboxylic acids is 2. The molecule has 0 aromatic carbocycles. The Morgan fingerprint density at radius 2 is 1.88 bits per heavy atom. The summed E-state index contributed by atoms with van der Waals surface area (Å²) in [5.41, 5.74) is 0. The molecular weight excluding hydrogens is 206 g/mol. The van der Waals surface area contributed by atoms with E-state index in [4.69, 9.17) is 4.84 Å². The highest BCUT2D eigenvalue weighted by atomic mass is 16.7. The molecule has 0 spiro atoms. The third-order valence-corrected chi connectivity index (χ3v) is 3.75. The van der Waals surface area contributed by atoms with Crippen molar-refractivity contribution in [2.75, 3.05) is 6.61 Å². The van der Waals surface area contributed by atoms with Crippen LogP contribution in [0, 0.1) is 23.7 Å².